The molecule has 0 radical (unpaired) electrons. The van der Waals surface area contributed by atoms with Gasteiger partial charge in [-0.3, -0.25) is 4.79 Å². The molecular formula is C22H36O2. The van der Waals surface area contributed by atoms with Crippen LogP contribution in [0.2, 0.25) is 0 Å². The van der Waals surface area contributed by atoms with Gasteiger partial charge >= 0.3 is 5.97 Å². The molecule has 0 N–H and O–H groups in total. The lowest BCUT2D eigenvalue weighted by Gasteiger charge is -2.53. The highest BCUT2D eigenvalue weighted by molar-refractivity contribution is 5.76. The third-order valence-electron chi connectivity index (χ3n) is 8.76. The minimum atomic E-state index is -0.367. The number of carbonyl (C=O) groups is 1. The third-order valence-corrected chi connectivity index (χ3v) is 8.76. The Morgan fingerprint density at radius 2 is 1.62 bits per heavy atom. The van der Waals surface area contributed by atoms with Gasteiger partial charge in [-0.2, -0.15) is 0 Å². The summed E-state index contributed by atoms with van der Waals surface area (Å²) in [4.78, 5) is 13.0. The van der Waals surface area contributed by atoms with E-state index in [1.165, 1.54) is 25.7 Å². The quantitative estimate of drug-likeness (QED) is 0.507. The molecule has 2 heteroatoms. The Bertz CT molecular complexity index is 543. The molecule has 0 aromatic carbocycles. The second-order valence-corrected chi connectivity index (χ2v) is 11.1. The lowest BCUT2D eigenvalue weighted by Crippen LogP contribution is -2.56. The van der Waals surface area contributed by atoms with E-state index in [9.17, 15) is 4.79 Å². The van der Waals surface area contributed by atoms with Crippen LogP contribution in [-0.4, -0.2) is 11.6 Å². The number of fused-ring (bicyclic) bond motifs is 9. The molecule has 24 heavy (non-hydrogen) atoms. The maximum absolute atomic E-state index is 13.0. The van der Waals surface area contributed by atoms with E-state index in [1.54, 1.807) is 0 Å². The summed E-state index contributed by atoms with van der Waals surface area (Å²) in [6.45, 7) is 13.1. The SMILES string of the molecule is CCC(C)(C)C(=O)OC1(C(C)(C)C)CC2CC1C1C3CCC(C3)C21. The van der Waals surface area contributed by atoms with Crippen molar-refractivity contribution in [3.8, 4) is 0 Å². The lowest BCUT2D eigenvalue weighted by molar-refractivity contribution is -0.203. The van der Waals surface area contributed by atoms with Crippen molar-refractivity contribution in [2.24, 2.45) is 46.3 Å². The third kappa shape index (κ3) is 2.04. The zero-order chi connectivity index (χ0) is 17.5. The van der Waals surface area contributed by atoms with E-state index in [4.69, 9.17) is 4.74 Å². The first-order chi connectivity index (χ1) is 11.1. The fourth-order valence-electron chi connectivity index (χ4n) is 7.16. The van der Waals surface area contributed by atoms with Crippen LogP contribution in [0.25, 0.3) is 0 Å². The standard InChI is InChI=1S/C22H36O2/c1-7-21(5,6)19(23)24-22(20(2,3)4)12-15-11-16(22)18-14-9-8-13(10-14)17(15)18/h13-18H,7-12H2,1-6H3. The van der Waals surface area contributed by atoms with Crippen LogP contribution in [0.3, 0.4) is 0 Å². The molecule has 7 atom stereocenters. The molecule has 0 amide bonds. The monoisotopic (exact) mass is 332 g/mol. The predicted octanol–water partition coefficient (Wildman–Crippen LogP) is 5.45. The van der Waals surface area contributed by atoms with Crippen molar-refractivity contribution in [3.05, 3.63) is 0 Å². The summed E-state index contributed by atoms with van der Waals surface area (Å²) in [5.41, 5.74) is -0.570. The summed E-state index contributed by atoms with van der Waals surface area (Å²) in [5, 5.41) is 0. The number of rotatable bonds is 3. The van der Waals surface area contributed by atoms with Crippen molar-refractivity contribution in [1.82, 2.24) is 0 Å². The molecule has 0 aromatic heterocycles. The van der Waals surface area contributed by atoms with Crippen LogP contribution >= 0.6 is 0 Å². The topological polar surface area (TPSA) is 26.3 Å². The molecule has 0 spiro atoms. The van der Waals surface area contributed by atoms with Crippen LogP contribution in [0.4, 0.5) is 0 Å². The van der Waals surface area contributed by atoms with E-state index in [1.807, 2.05) is 13.8 Å². The highest BCUT2D eigenvalue weighted by Gasteiger charge is 2.71. The van der Waals surface area contributed by atoms with Crippen molar-refractivity contribution in [2.45, 2.75) is 85.7 Å². The van der Waals surface area contributed by atoms with Gasteiger partial charge in [0, 0.05) is 11.3 Å². The molecule has 0 heterocycles. The lowest BCUT2D eigenvalue weighted by atomic mass is 9.58. The molecule has 4 rings (SSSR count). The average molecular weight is 333 g/mol. The molecule has 7 unspecified atom stereocenters. The van der Waals surface area contributed by atoms with E-state index < -0.39 is 0 Å². The average Bonchev–Trinajstić information content (AvgIpc) is 3.23. The van der Waals surface area contributed by atoms with Gasteiger partial charge in [-0.05, 0) is 82.0 Å². The van der Waals surface area contributed by atoms with Gasteiger partial charge in [0.05, 0.1) is 5.41 Å². The summed E-state index contributed by atoms with van der Waals surface area (Å²) in [7, 11) is 0. The Morgan fingerprint density at radius 3 is 2.21 bits per heavy atom. The number of esters is 1. The second-order valence-electron chi connectivity index (χ2n) is 11.1. The van der Waals surface area contributed by atoms with E-state index in [2.05, 4.69) is 27.7 Å². The fourth-order valence-corrected chi connectivity index (χ4v) is 7.16. The maximum Gasteiger partial charge on any atom is 0.312 e. The van der Waals surface area contributed by atoms with Crippen LogP contribution < -0.4 is 0 Å². The van der Waals surface area contributed by atoms with Crippen molar-refractivity contribution in [2.75, 3.05) is 0 Å². The molecule has 0 saturated heterocycles. The smallest absolute Gasteiger partial charge is 0.312 e. The summed E-state index contributed by atoms with van der Waals surface area (Å²) >= 11 is 0. The van der Waals surface area contributed by atoms with E-state index in [0.29, 0.717) is 5.92 Å². The first kappa shape index (κ1) is 16.9. The number of hydrogen-bond acceptors (Lipinski definition) is 2. The Balaban J connectivity index is 1.67. The van der Waals surface area contributed by atoms with Crippen LogP contribution in [0, 0.1) is 46.3 Å². The van der Waals surface area contributed by atoms with Crippen molar-refractivity contribution in [1.29, 1.82) is 0 Å². The minimum absolute atomic E-state index is 0.0265. The molecule has 136 valence electrons. The highest BCUT2D eigenvalue weighted by Crippen LogP contribution is 2.72. The number of hydrogen-bond donors (Lipinski definition) is 0. The Hall–Kier alpha value is -0.530. The normalized spacial score (nSPS) is 46.4. The van der Waals surface area contributed by atoms with Gasteiger partial charge in [0.25, 0.3) is 0 Å². The Labute approximate surface area is 148 Å². The molecule has 4 aliphatic carbocycles. The highest BCUT2D eigenvalue weighted by atomic mass is 16.6. The molecule has 4 fully saturated rings. The van der Waals surface area contributed by atoms with Gasteiger partial charge in [-0.1, -0.05) is 27.7 Å². The predicted molar refractivity (Wildman–Crippen MR) is 96.4 cm³/mol. The van der Waals surface area contributed by atoms with Gasteiger partial charge in [0.15, 0.2) is 0 Å². The van der Waals surface area contributed by atoms with E-state index in [-0.39, 0.29) is 22.4 Å². The van der Waals surface area contributed by atoms with Gasteiger partial charge in [-0.15, -0.1) is 0 Å². The van der Waals surface area contributed by atoms with E-state index >= 15 is 0 Å². The first-order valence-corrected chi connectivity index (χ1v) is 10.3. The molecular weight excluding hydrogens is 296 g/mol. The minimum Gasteiger partial charge on any atom is -0.458 e. The van der Waals surface area contributed by atoms with Crippen LogP contribution in [-0.2, 0) is 9.53 Å². The van der Waals surface area contributed by atoms with Crippen LogP contribution in [0.1, 0.15) is 80.1 Å². The number of carbonyl (C=O) groups excluding carboxylic acids is 1. The van der Waals surface area contributed by atoms with Crippen molar-refractivity contribution in [3.63, 3.8) is 0 Å². The molecule has 0 aromatic rings. The maximum atomic E-state index is 13.0. The van der Waals surface area contributed by atoms with E-state index in [0.717, 1.165) is 42.4 Å². The van der Waals surface area contributed by atoms with Gasteiger partial charge in [-0.25, -0.2) is 0 Å². The molecule has 0 aliphatic heterocycles. The van der Waals surface area contributed by atoms with Crippen LogP contribution in [0.5, 0.6) is 0 Å². The summed E-state index contributed by atoms with van der Waals surface area (Å²) in [5.74, 6) is 5.19. The fraction of sp³-hybridized carbons (Fsp3) is 0.955. The summed E-state index contributed by atoms with van der Waals surface area (Å²) in [6, 6.07) is 0. The largest absolute Gasteiger partial charge is 0.458 e. The molecule has 4 bridgehead atoms. The summed E-state index contributed by atoms with van der Waals surface area (Å²) in [6.07, 6.45) is 7.66. The van der Waals surface area contributed by atoms with Gasteiger partial charge in [0.2, 0.25) is 0 Å². The molecule has 4 aliphatic rings. The Kier molecular flexibility index (Phi) is 3.53. The zero-order valence-corrected chi connectivity index (χ0v) is 16.5. The van der Waals surface area contributed by atoms with Crippen LogP contribution in [0.15, 0.2) is 0 Å². The summed E-state index contributed by atoms with van der Waals surface area (Å²) < 4.78 is 6.53. The molecule has 4 saturated carbocycles. The zero-order valence-electron chi connectivity index (χ0n) is 16.5. The van der Waals surface area contributed by atoms with Gasteiger partial charge < -0.3 is 4.74 Å². The second kappa shape index (κ2) is 5.01. The first-order valence-electron chi connectivity index (χ1n) is 10.3. The van der Waals surface area contributed by atoms with Gasteiger partial charge in [0.1, 0.15) is 5.60 Å². The molecule has 2 nitrogen and oxygen atoms in total. The number of ether oxygens (including phenoxy) is 1. The van der Waals surface area contributed by atoms with Crippen molar-refractivity contribution >= 4 is 5.97 Å². The van der Waals surface area contributed by atoms with Crippen molar-refractivity contribution < 1.29 is 9.53 Å². The Morgan fingerprint density at radius 1 is 1.00 bits per heavy atom.